The van der Waals surface area contributed by atoms with Crippen molar-refractivity contribution in [1.82, 2.24) is 4.90 Å². The number of hydrogen-bond donors (Lipinski definition) is 2. The minimum atomic E-state index is -1.06. The van der Waals surface area contributed by atoms with E-state index >= 15 is 0 Å². The molecule has 1 heterocycles. The molecule has 1 aliphatic carbocycles. The number of carboxylic acid groups (broad SMARTS) is 1. The van der Waals surface area contributed by atoms with Crippen LogP contribution in [0.5, 0.6) is 0 Å². The Morgan fingerprint density at radius 1 is 1.29 bits per heavy atom. The number of benzene rings is 1. The molecule has 3 rings (SSSR count). The summed E-state index contributed by atoms with van der Waals surface area (Å²) in [6.45, 7) is 0.346. The number of nitrogens with zero attached hydrogens (tertiary/aromatic N) is 1. The van der Waals surface area contributed by atoms with Crippen molar-refractivity contribution in [3.63, 3.8) is 0 Å². The number of nitrogens with two attached hydrogens (primary N) is 1. The van der Waals surface area contributed by atoms with Gasteiger partial charge in [-0.1, -0.05) is 17.7 Å². The number of amides is 1. The maximum Gasteiger partial charge on any atom is 0.306 e. The van der Waals surface area contributed by atoms with E-state index < -0.39 is 12.1 Å². The second kappa shape index (κ2) is 9.09. The number of aliphatic carboxylic acids is 1. The molecule has 3 N–H and O–H groups in total. The number of alkyl halides is 1. The van der Waals surface area contributed by atoms with Crippen molar-refractivity contribution in [2.24, 2.45) is 5.92 Å². The van der Waals surface area contributed by atoms with Gasteiger partial charge < -0.3 is 20.5 Å². The fraction of sp³-hybridized carbons (Fsp3) is 0.600. The van der Waals surface area contributed by atoms with Gasteiger partial charge in [0.05, 0.1) is 48.3 Å². The molecule has 1 saturated heterocycles. The zero-order valence-electron chi connectivity index (χ0n) is 15.7. The average molecular weight is 413 g/mol. The summed E-state index contributed by atoms with van der Waals surface area (Å²) in [5, 5.41) is 9.46. The Kier molecular flexibility index (Phi) is 6.78. The van der Waals surface area contributed by atoms with Gasteiger partial charge in [-0.05, 0) is 43.4 Å². The van der Waals surface area contributed by atoms with E-state index in [2.05, 4.69) is 0 Å². The first-order chi connectivity index (χ1) is 13.3. The minimum absolute atomic E-state index is 0.0258. The lowest BCUT2D eigenvalue weighted by Crippen LogP contribution is -2.40. The van der Waals surface area contributed by atoms with Crippen molar-refractivity contribution < 1.29 is 23.8 Å². The maximum absolute atomic E-state index is 14.0. The van der Waals surface area contributed by atoms with Gasteiger partial charge in [-0.2, -0.15) is 0 Å². The third kappa shape index (κ3) is 5.14. The van der Waals surface area contributed by atoms with Crippen LogP contribution in [0, 0.1) is 5.92 Å². The first kappa shape index (κ1) is 20.9. The fourth-order valence-corrected chi connectivity index (χ4v) is 4.21. The molecule has 0 bridgehead atoms. The van der Waals surface area contributed by atoms with Crippen molar-refractivity contribution >= 4 is 29.2 Å². The molecule has 28 heavy (non-hydrogen) atoms. The lowest BCUT2D eigenvalue weighted by molar-refractivity contribution is -0.144. The third-order valence-electron chi connectivity index (χ3n) is 5.65. The summed E-state index contributed by atoms with van der Waals surface area (Å²) in [5.74, 6) is -1.22. The molecule has 1 aliphatic heterocycles. The third-order valence-corrected chi connectivity index (χ3v) is 5.98. The molecule has 2 atom stereocenters. The molecule has 1 aromatic carbocycles. The smallest absolute Gasteiger partial charge is 0.306 e. The van der Waals surface area contributed by atoms with Crippen LogP contribution in [-0.4, -0.2) is 53.4 Å². The highest BCUT2D eigenvalue weighted by atomic mass is 35.5. The number of carbonyl (C=O) groups excluding carboxylic acids is 1. The summed E-state index contributed by atoms with van der Waals surface area (Å²) in [6, 6.07) is 4.75. The van der Waals surface area contributed by atoms with Crippen LogP contribution in [0.2, 0.25) is 5.02 Å². The van der Waals surface area contributed by atoms with Gasteiger partial charge in [0.1, 0.15) is 6.17 Å². The van der Waals surface area contributed by atoms with E-state index in [4.69, 9.17) is 27.2 Å². The first-order valence-electron chi connectivity index (χ1n) is 9.65. The molecule has 8 heteroatoms. The lowest BCUT2D eigenvalue weighted by Gasteiger charge is -2.29. The second-order valence-electron chi connectivity index (χ2n) is 7.71. The molecule has 1 amide bonds. The number of likely N-dealkylation sites (tertiary alicyclic amines) is 1. The highest BCUT2D eigenvalue weighted by Gasteiger charge is 2.36. The molecular weight excluding hydrogens is 387 g/mol. The summed E-state index contributed by atoms with van der Waals surface area (Å²) in [4.78, 5) is 25.3. The molecule has 2 fully saturated rings. The Labute approximate surface area is 168 Å². The van der Waals surface area contributed by atoms with Gasteiger partial charge in [-0.3, -0.25) is 9.59 Å². The summed E-state index contributed by atoms with van der Waals surface area (Å²) in [6.07, 6.45) is 1.86. The van der Waals surface area contributed by atoms with Crippen LogP contribution in [0.25, 0.3) is 0 Å². The predicted molar refractivity (Wildman–Crippen MR) is 104 cm³/mol. The number of halogens is 2. The molecule has 0 aromatic heterocycles. The van der Waals surface area contributed by atoms with Gasteiger partial charge in [-0.25, -0.2) is 4.39 Å². The molecule has 6 nitrogen and oxygen atoms in total. The van der Waals surface area contributed by atoms with Crippen molar-refractivity contribution in [1.29, 1.82) is 0 Å². The summed E-state index contributed by atoms with van der Waals surface area (Å²) in [7, 11) is 0. The topological polar surface area (TPSA) is 92.9 Å². The zero-order chi connectivity index (χ0) is 20.3. The van der Waals surface area contributed by atoms with Crippen LogP contribution in [0.4, 0.5) is 10.1 Å². The molecular formula is C20H26ClFN2O4. The van der Waals surface area contributed by atoms with Crippen molar-refractivity contribution in [3.05, 3.63) is 28.8 Å². The largest absolute Gasteiger partial charge is 0.481 e. The Balaban J connectivity index is 1.53. The lowest BCUT2D eigenvalue weighted by atomic mass is 9.87. The Hall–Kier alpha value is -1.86. The van der Waals surface area contributed by atoms with Crippen molar-refractivity contribution in [2.45, 2.75) is 56.8 Å². The van der Waals surface area contributed by atoms with E-state index in [9.17, 15) is 14.0 Å². The first-order valence-corrected chi connectivity index (χ1v) is 10.0. The fourth-order valence-electron chi connectivity index (χ4n) is 4.00. The zero-order valence-corrected chi connectivity index (χ0v) is 16.4. The van der Waals surface area contributed by atoms with Crippen molar-refractivity contribution in [3.8, 4) is 0 Å². The molecule has 0 spiro atoms. The summed E-state index contributed by atoms with van der Waals surface area (Å²) in [5.41, 5.74) is 6.88. The van der Waals surface area contributed by atoms with Gasteiger partial charge in [-0.15, -0.1) is 0 Å². The number of carbonyl (C=O) groups is 2. The highest BCUT2D eigenvalue weighted by molar-refractivity contribution is 6.33. The Morgan fingerprint density at radius 3 is 2.64 bits per heavy atom. The van der Waals surface area contributed by atoms with Crippen LogP contribution in [0.3, 0.4) is 0 Å². The Bertz CT molecular complexity index is 724. The van der Waals surface area contributed by atoms with Crippen molar-refractivity contribution in [2.75, 3.05) is 18.9 Å². The quantitative estimate of drug-likeness (QED) is 0.700. The van der Waals surface area contributed by atoms with E-state index in [0.717, 1.165) is 5.56 Å². The number of rotatable bonds is 6. The standard InChI is InChI=1S/C20H26ClFN2O4/c21-17-7-12(1-6-18(17)23)8-19(25)24-10-14(22)9-15(24)11-28-16-4-2-13(3-5-16)20(26)27/h1,6-7,13-16H,2-5,8-11,23H2,(H,26,27)/t13?,14?,15-,16?/m0/s1. The maximum atomic E-state index is 14.0. The van der Waals surface area contributed by atoms with E-state index in [1.807, 2.05) is 0 Å². The van der Waals surface area contributed by atoms with Gasteiger partial charge in [0.25, 0.3) is 0 Å². The van der Waals surface area contributed by atoms with E-state index in [1.54, 1.807) is 23.1 Å². The van der Waals surface area contributed by atoms with Crippen LogP contribution in [0.15, 0.2) is 18.2 Å². The minimum Gasteiger partial charge on any atom is -0.481 e. The van der Waals surface area contributed by atoms with Gasteiger partial charge >= 0.3 is 5.97 Å². The monoisotopic (exact) mass is 412 g/mol. The highest BCUT2D eigenvalue weighted by Crippen LogP contribution is 2.28. The number of anilines is 1. The second-order valence-corrected chi connectivity index (χ2v) is 8.12. The van der Waals surface area contributed by atoms with Gasteiger partial charge in [0, 0.05) is 6.42 Å². The summed E-state index contributed by atoms with van der Waals surface area (Å²) >= 11 is 6.01. The SMILES string of the molecule is Nc1ccc(CC(=O)N2CC(F)C[C@H]2COC2CCC(C(=O)O)CC2)cc1Cl. The van der Waals surface area contributed by atoms with Crippen LogP contribution >= 0.6 is 11.6 Å². The number of ether oxygens (including phenoxy) is 1. The number of nitrogen functional groups attached to an aromatic ring is 1. The van der Waals surface area contributed by atoms with Crippen LogP contribution < -0.4 is 5.73 Å². The molecule has 1 saturated carbocycles. The molecule has 2 aliphatic rings. The van der Waals surface area contributed by atoms with E-state index in [1.165, 1.54) is 0 Å². The molecule has 1 unspecified atom stereocenters. The molecule has 0 radical (unpaired) electrons. The van der Waals surface area contributed by atoms with Crippen LogP contribution in [-0.2, 0) is 20.7 Å². The molecule has 154 valence electrons. The van der Waals surface area contributed by atoms with Gasteiger partial charge in [0.15, 0.2) is 0 Å². The summed E-state index contributed by atoms with van der Waals surface area (Å²) < 4.78 is 19.9. The van der Waals surface area contributed by atoms with E-state index in [-0.39, 0.29) is 50.0 Å². The average Bonchev–Trinajstić information content (AvgIpc) is 3.04. The van der Waals surface area contributed by atoms with Crippen LogP contribution in [0.1, 0.15) is 37.7 Å². The molecule has 1 aromatic rings. The van der Waals surface area contributed by atoms with E-state index in [0.29, 0.717) is 36.4 Å². The number of carboxylic acids is 1. The van der Waals surface area contributed by atoms with Gasteiger partial charge in [0.2, 0.25) is 5.91 Å². The number of hydrogen-bond acceptors (Lipinski definition) is 4. The predicted octanol–water partition coefficient (Wildman–Crippen LogP) is 3.06. The normalized spacial score (nSPS) is 27.7. The Morgan fingerprint density at radius 2 is 2.00 bits per heavy atom.